The van der Waals surface area contributed by atoms with Gasteiger partial charge < -0.3 is 4.90 Å². The van der Waals surface area contributed by atoms with Crippen LogP contribution in [-0.2, 0) is 4.79 Å². The van der Waals surface area contributed by atoms with Gasteiger partial charge in [-0.1, -0.05) is 0 Å². The van der Waals surface area contributed by atoms with Crippen molar-refractivity contribution < 1.29 is 9.59 Å². The normalized spacial score (nSPS) is 23.3. The maximum absolute atomic E-state index is 11.3. The van der Waals surface area contributed by atoms with Crippen LogP contribution in [0, 0.1) is 0 Å². The highest BCUT2D eigenvalue weighted by molar-refractivity contribution is 6.06. The molecule has 1 rings (SSSR count). The first-order chi connectivity index (χ1) is 4.89. The van der Waals surface area contributed by atoms with E-state index < -0.39 is 5.54 Å². The highest BCUT2D eigenvalue weighted by Gasteiger charge is 2.47. The third-order valence-corrected chi connectivity index (χ3v) is 2.24. The van der Waals surface area contributed by atoms with Gasteiger partial charge in [-0.3, -0.25) is 9.69 Å². The summed E-state index contributed by atoms with van der Waals surface area (Å²) in [4.78, 5) is 25.1. The van der Waals surface area contributed by atoms with E-state index in [1.165, 1.54) is 11.9 Å². The zero-order chi connectivity index (χ0) is 8.81. The summed E-state index contributed by atoms with van der Waals surface area (Å²) in [6.45, 7) is 3.47. The quantitative estimate of drug-likeness (QED) is 0.473. The Kier molecular flexibility index (Phi) is 1.44. The van der Waals surface area contributed by atoms with E-state index in [9.17, 15) is 9.59 Å². The van der Waals surface area contributed by atoms with Gasteiger partial charge in [0.05, 0.1) is 0 Å². The Morgan fingerprint density at radius 1 is 1.18 bits per heavy atom. The average Bonchev–Trinajstić information content (AvgIpc) is 2.06. The van der Waals surface area contributed by atoms with Gasteiger partial charge in [-0.05, 0) is 13.8 Å². The number of nitrogens with zero attached hydrogens (tertiary/aromatic N) is 2. The molecule has 0 spiro atoms. The molecule has 0 aromatic rings. The van der Waals surface area contributed by atoms with Gasteiger partial charge in [-0.2, -0.15) is 0 Å². The number of amides is 3. The summed E-state index contributed by atoms with van der Waals surface area (Å²) in [6, 6.07) is -0.236. The van der Waals surface area contributed by atoms with Crippen LogP contribution in [0.25, 0.3) is 0 Å². The van der Waals surface area contributed by atoms with Crippen LogP contribution in [-0.4, -0.2) is 41.4 Å². The van der Waals surface area contributed by atoms with E-state index in [2.05, 4.69) is 0 Å². The van der Waals surface area contributed by atoms with E-state index in [1.807, 2.05) is 0 Å². The van der Waals surface area contributed by atoms with Crippen molar-refractivity contribution in [3.63, 3.8) is 0 Å². The summed E-state index contributed by atoms with van der Waals surface area (Å²) in [7, 11) is 3.12. The lowest BCUT2D eigenvalue weighted by atomic mass is 10.1. The van der Waals surface area contributed by atoms with Gasteiger partial charge in [0.1, 0.15) is 5.54 Å². The van der Waals surface area contributed by atoms with Crippen molar-refractivity contribution in [3.05, 3.63) is 0 Å². The van der Waals surface area contributed by atoms with Crippen LogP contribution in [0.15, 0.2) is 0 Å². The molecule has 0 aromatic heterocycles. The number of rotatable bonds is 0. The number of imide groups is 1. The van der Waals surface area contributed by atoms with E-state index in [1.54, 1.807) is 20.9 Å². The Balaban J connectivity index is 3.06. The standard InChI is InChI=1S/C7H12N2O2/c1-7(2)5(10)8(3)6(11)9(7)4/h1-4H3. The van der Waals surface area contributed by atoms with Crippen LogP contribution in [0.4, 0.5) is 4.79 Å². The van der Waals surface area contributed by atoms with Crippen LogP contribution in [0.2, 0.25) is 0 Å². The van der Waals surface area contributed by atoms with Crippen molar-refractivity contribution in [3.8, 4) is 0 Å². The van der Waals surface area contributed by atoms with Crippen LogP contribution >= 0.6 is 0 Å². The zero-order valence-electron chi connectivity index (χ0n) is 7.21. The first-order valence-electron chi connectivity index (χ1n) is 3.45. The topological polar surface area (TPSA) is 40.6 Å². The molecule has 1 fully saturated rings. The monoisotopic (exact) mass is 156 g/mol. The molecule has 0 atom stereocenters. The summed E-state index contributed by atoms with van der Waals surface area (Å²) in [5.74, 6) is -0.148. The Hall–Kier alpha value is -1.06. The lowest BCUT2D eigenvalue weighted by Crippen LogP contribution is -2.41. The second kappa shape index (κ2) is 1.96. The molecule has 0 aliphatic carbocycles. The molecule has 1 saturated heterocycles. The van der Waals surface area contributed by atoms with Crippen molar-refractivity contribution in [2.45, 2.75) is 19.4 Å². The third-order valence-electron chi connectivity index (χ3n) is 2.24. The minimum absolute atomic E-state index is 0.148. The molecule has 0 N–H and O–H groups in total. The first kappa shape index (κ1) is 8.04. The Morgan fingerprint density at radius 2 is 1.64 bits per heavy atom. The predicted molar refractivity (Wildman–Crippen MR) is 40.0 cm³/mol. The number of likely N-dealkylation sites (N-methyl/N-ethyl adjacent to an activating group) is 2. The molecule has 4 nitrogen and oxygen atoms in total. The predicted octanol–water partition coefficient (Wildman–Crippen LogP) is 0.289. The molecule has 0 unspecified atom stereocenters. The van der Waals surface area contributed by atoms with Crippen molar-refractivity contribution in [1.82, 2.24) is 9.80 Å². The van der Waals surface area contributed by atoms with Gasteiger partial charge in [0.2, 0.25) is 0 Å². The van der Waals surface area contributed by atoms with Crippen LogP contribution < -0.4 is 0 Å². The van der Waals surface area contributed by atoms with Gasteiger partial charge in [0.15, 0.2) is 0 Å². The molecule has 4 heteroatoms. The van der Waals surface area contributed by atoms with E-state index in [4.69, 9.17) is 0 Å². The molecule has 0 aromatic carbocycles. The number of carbonyl (C=O) groups is 2. The van der Waals surface area contributed by atoms with E-state index in [0.717, 1.165) is 4.90 Å². The van der Waals surface area contributed by atoms with Crippen molar-refractivity contribution in [2.24, 2.45) is 0 Å². The molecule has 0 radical (unpaired) electrons. The van der Waals surface area contributed by atoms with Crippen LogP contribution in [0.5, 0.6) is 0 Å². The van der Waals surface area contributed by atoms with Crippen LogP contribution in [0.1, 0.15) is 13.8 Å². The second-order valence-electron chi connectivity index (χ2n) is 3.26. The maximum Gasteiger partial charge on any atom is 0.327 e. The van der Waals surface area contributed by atoms with Crippen molar-refractivity contribution >= 4 is 11.9 Å². The first-order valence-corrected chi connectivity index (χ1v) is 3.45. The fraction of sp³-hybridized carbons (Fsp3) is 0.714. The van der Waals surface area contributed by atoms with E-state index in [0.29, 0.717) is 0 Å². The smallest absolute Gasteiger partial charge is 0.313 e. The molecular weight excluding hydrogens is 144 g/mol. The molecule has 1 heterocycles. The number of carbonyl (C=O) groups excluding carboxylic acids is 2. The Morgan fingerprint density at radius 3 is 1.73 bits per heavy atom. The SMILES string of the molecule is CN1C(=O)N(C)C(C)(C)C1=O. The lowest BCUT2D eigenvalue weighted by Gasteiger charge is -2.22. The molecule has 0 bridgehead atoms. The number of hydrogen-bond donors (Lipinski definition) is 0. The fourth-order valence-corrected chi connectivity index (χ4v) is 1.10. The number of urea groups is 1. The van der Waals surface area contributed by atoms with E-state index in [-0.39, 0.29) is 11.9 Å². The molecule has 0 saturated carbocycles. The van der Waals surface area contributed by atoms with Crippen molar-refractivity contribution in [2.75, 3.05) is 14.1 Å². The van der Waals surface area contributed by atoms with Gasteiger partial charge in [-0.25, -0.2) is 4.79 Å². The summed E-state index contributed by atoms with van der Waals surface area (Å²) in [5.41, 5.74) is -0.675. The highest BCUT2D eigenvalue weighted by Crippen LogP contribution is 2.23. The van der Waals surface area contributed by atoms with Gasteiger partial charge in [0.25, 0.3) is 5.91 Å². The molecule has 1 aliphatic heterocycles. The van der Waals surface area contributed by atoms with Gasteiger partial charge >= 0.3 is 6.03 Å². The summed E-state index contributed by atoms with van der Waals surface area (Å²) < 4.78 is 0. The fourth-order valence-electron chi connectivity index (χ4n) is 1.10. The molecular formula is C7H12N2O2. The van der Waals surface area contributed by atoms with Crippen molar-refractivity contribution in [1.29, 1.82) is 0 Å². The largest absolute Gasteiger partial charge is 0.327 e. The Labute approximate surface area is 65.8 Å². The minimum Gasteiger partial charge on any atom is -0.313 e. The average molecular weight is 156 g/mol. The van der Waals surface area contributed by atoms with E-state index >= 15 is 0 Å². The maximum atomic E-state index is 11.3. The van der Waals surface area contributed by atoms with Gasteiger partial charge in [-0.15, -0.1) is 0 Å². The molecule has 11 heavy (non-hydrogen) atoms. The molecule has 62 valence electrons. The Bertz CT molecular complexity index is 222. The van der Waals surface area contributed by atoms with Gasteiger partial charge in [0, 0.05) is 14.1 Å². The summed E-state index contributed by atoms with van der Waals surface area (Å²) >= 11 is 0. The second-order valence-corrected chi connectivity index (χ2v) is 3.26. The summed E-state index contributed by atoms with van der Waals surface area (Å²) in [6.07, 6.45) is 0. The lowest BCUT2D eigenvalue weighted by molar-refractivity contribution is -0.130. The zero-order valence-corrected chi connectivity index (χ0v) is 7.21. The number of hydrogen-bond acceptors (Lipinski definition) is 2. The summed E-state index contributed by atoms with van der Waals surface area (Å²) in [5, 5.41) is 0. The highest BCUT2D eigenvalue weighted by atomic mass is 16.2. The molecule has 3 amide bonds. The van der Waals surface area contributed by atoms with Crippen LogP contribution in [0.3, 0.4) is 0 Å². The third kappa shape index (κ3) is 0.818. The minimum atomic E-state index is -0.675. The molecule has 1 aliphatic rings.